The molecule has 0 aliphatic heterocycles. The quantitative estimate of drug-likeness (QED) is 0.349. The van der Waals surface area contributed by atoms with Gasteiger partial charge in [0.25, 0.3) is 0 Å². The number of rotatable bonds is 10. The Hall–Kier alpha value is -1.69. The number of halogens is 9. The highest BCUT2D eigenvalue weighted by atomic mass is 19.4. The zero-order valence-electron chi connectivity index (χ0n) is 15.9. The van der Waals surface area contributed by atoms with Crippen molar-refractivity contribution in [2.24, 2.45) is 11.3 Å². The molecule has 0 radical (unpaired) electrons. The van der Waals surface area contributed by atoms with Crippen LogP contribution in [0.25, 0.3) is 0 Å². The van der Waals surface area contributed by atoms with Crippen LogP contribution in [0.4, 0.5) is 39.5 Å². The Kier molecular flexibility index (Phi) is 8.46. The highest BCUT2D eigenvalue weighted by molar-refractivity contribution is 5.77. The van der Waals surface area contributed by atoms with Crippen molar-refractivity contribution in [3.63, 3.8) is 0 Å². The molecule has 1 atom stereocenters. The lowest BCUT2D eigenvalue weighted by Crippen LogP contribution is -2.61. The van der Waals surface area contributed by atoms with Crippen LogP contribution in [0, 0.1) is 11.3 Å². The zero-order valence-corrected chi connectivity index (χ0v) is 15.9. The lowest BCUT2D eigenvalue weighted by atomic mass is 9.88. The van der Waals surface area contributed by atoms with Gasteiger partial charge in [-0.15, -0.1) is 0 Å². The lowest BCUT2D eigenvalue weighted by Gasteiger charge is -2.33. The second kappa shape index (κ2) is 8.99. The van der Waals surface area contributed by atoms with Crippen LogP contribution in [0.2, 0.25) is 0 Å². The van der Waals surface area contributed by atoms with Crippen LogP contribution in [0.5, 0.6) is 0 Å². The minimum atomic E-state index is -7.00. The molecule has 0 heterocycles. The standard InChI is InChI=1S/C16H21F9O4/c1-5-12(4,8-29-10(26)9(2)3)11(27)28-7-6-13(17,18)14(19,20)15(21,22)16(23,24)25/h9H,5-8H2,1-4H3. The number of hydrogen-bond donors (Lipinski definition) is 0. The van der Waals surface area contributed by atoms with E-state index in [-0.39, 0.29) is 6.42 Å². The second-order valence-corrected chi connectivity index (χ2v) is 6.91. The van der Waals surface area contributed by atoms with E-state index in [0.717, 1.165) is 0 Å². The SMILES string of the molecule is CCC(C)(COC(=O)C(C)C)C(=O)OCCC(F)(F)C(F)(F)C(F)(F)C(F)(F)F. The van der Waals surface area contributed by atoms with Crippen molar-refractivity contribution < 1.29 is 58.6 Å². The molecule has 0 aromatic carbocycles. The van der Waals surface area contributed by atoms with Gasteiger partial charge in [0.15, 0.2) is 0 Å². The third-order valence-electron chi connectivity index (χ3n) is 4.14. The molecule has 0 aromatic rings. The molecule has 0 saturated heterocycles. The van der Waals surface area contributed by atoms with Crippen molar-refractivity contribution in [3.05, 3.63) is 0 Å². The fraction of sp³-hybridized carbons (Fsp3) is 0.875. The summed E-state index contributed by atoms with van der Waals surface area (Å²) in [5.74, 6) is -22.1. The Labute approximate surface area is 160 Å². The van der Waals surface area contributed by atoms with E-state index in [2.05, 4.69) is 4.74 Å². The van der Waals surface area contributed by atoms with Gasteiger partial charge in [-0.25, -0.2) is 0 Å². The van der Waals surface area contributed by atoms with Crippen molar-refractivity contribution >= 4 is 11.9 Å². The maximum Gasteiger partial charge on any atom is 0.460 e. The first-order valence-electron chi connectivity index (χ1n) is 8.31. The van der Waals surface area contributed by atoms with E-state index >= 15 is 0 Å². The summed E-state index contributed by atoms with van der Waals surface area (Å²) in [4.78, 5) is 23.4. The molecule has 0 amide bonds. The van der Waals surface area contributed by atoms with Gasteiger partial charge in [0.05, 0.1) is 24.4 Å². The number of ether oxygens (including phenoxy) is 2. The lowest BCUT2D eigenvalue weighted by molar-refractivity contribution is -0.397. The van der Waals surface area contributed by atoms with E-state index in [0.29, 0.717) is 0 Å². The van der Waals surface area contributed by atoms with E-state index in [4.69, 9.17) is 4.74 Å². The predicted molar refractivity (Wildman–Crippen MR) is 80.7 cm³/mol. The van der Waals surface area contributed by atoms with Gasteiger partial charge in [0, 0.05) is 0 Å². The van der Waals surface area contributed by atoms with Crippen molar-refractivity contribution in [3.8, 4) is 0 Å². The second-order valence-electron chi connectivity index (χ2n) is 6.91. The molecule has 0 spiro atoms. The van der Waals surface area contributed by atoms with E-state index in [9.17, 15) is 49.1 Å². The first-order chi connectivity index (χ1) is 12.8. The Balaban J connectivity index is 5.10. The molecule has 4 nitrogen and oxygen atoms in total. The number of hydrogen-bond acceptors (Lipinski definition) is 4. The number of esters is 2. The van der Waals surface area contributed by atoms with Gasteiger partial charge in [-0.05, 0) is 13.3 Å². The summed E-state index contributed by atoms with van der Waals surface area (Å²) in [5.41, 5.74) is -1.57. The molecule has 0 bridgehead atoms. The summed E-state index contributed by atoms with van der Waals surface area (Å²) >= 11 is 0. The third-order valence-corrected chi connectivity index (χ3v) is 4.14. The van der Waals surface area contributed by atoms with Gasteiger partial charge in [-0.3, -0.25) is 9.59 Å². The molecule has 0 aliphatic rings. The van der Waals surface area contributed by atoms with E-state index < -0.39 is 66.8 Å². The Morgan fingerprint density at radius 3 is 1.72 bits per heavy atom. The van der Waals surface area contributed by atoms with Crippen LogP contribution < -0.4 is 0 Å². The molecular formula is C16H21F9O4. The summed E-state index contributed by atoms with van der Waals surface area (Å²) in [6.45, 7) is 3.50. The highest BCUT2D eigenvalue weighted by Crippen LogP contribution is 2.54. The molecule has 1 unspecified atom stereocenters. The summed E-state index contributed by atoms with van der Waals surface area (Å²) in [6.07, 6.45) is -9.25. The molecule has 0 aliphatic carbocycles. The summed E-state index contributed by atoms with van der Waals surface area (Å²) < 4.78 is 124. The Bertz CT molecular complexity index is 587. The van der Waals surface area contributed by atoms with Crippen LogP contribution in [0.3, 0.4) is 0 Å². The Morgan fingerprint density at radius 2 is 1.34 bits per heavy atom. The maximum atomic E-state index is 13.4. The fourth-order valence-electron chi connectivity index (χ4n) is 1.71. The minimum Gasteiger partial charge on any atom is -0.465 e. The Morgan fingerprint density at radius 1 is 0.862 bits per heavy atom. The van der Waals surface area contributed by atoms with Crippen molar-refractivity contribution in [1.82, 2.24) is 0 Å². The van der Waals surface area contributed by atoms with Gasteiger partial charge >= 0.3 is 35.9 Å². The monoisotopic (exact) mass is 448 g/mol. The molecule has 0 rings (SSSR count). The normalized spacial score (nSPS) is 15.8. The summed E-state index contributed by atoms with van der Waals surface area (Å²) in [5, 5.41) is 0. The van der Waals surface area contributed by atoms with Crippen LogP contribution in [-0.2, 0) is 19.1 Å². The number of carbonyl (C=O) groups excluding carboxylic acids is 2. The number of alkyl halides is 9. The summed E-state index contributed by atoms with van der Waals surface area (Å²) in [7, 11) is 0. The molecule has 13 heteroatoms. The first-order valence-corrected chi connectivity index (χ1v) is 8.31. The average Bonchev–Trinajstić information content (AvgIpc) is 2.57. The average molecular weight is 448 g/mol. The predicted octanol–water partition coefficient (Wildman–Crippen LogP) is 5.00. The molecule has 0 saturated carbocycles. The molecule has 172 valence electrons. The summed E-state index contributed by atoms with van der Waals surface area (Å²) in [6, 6.07) is 0. The smallest absolute Gasteiger partial charge is 0.460 e. The van der Waals surface area contributed by atoms with Gasteiger partial charge in [0.2, 0.25) is 0 Å². The largest absolute Gasteiger partial charge is 0.465 e. The van der Waals surface area contributed by atoms with Crippen molar-refractivity contribution in [2.75, 3.05) is 13.2 Å². The third kappa shape index (κ3) is 5.91. The molecule has 0 aromatic heterocycles. The van der Waals surface area contributed by atoms with Crippen LogP contribution in [-0.4, -0.2) is 49.1 Å². The van der Waals surface area contributed by atoms with E-state index in [1.165, 1.54) is 27.7 Å². The minimum absolute atomic E-state index is 0.0457. The highest BCUT2D eigenvalue weighted by Gasteiger charge is 2.81. The van der Waals surface area contributed by atoms with Crippen molar-refractivity contribution in [1.29, 1.82) is 0 Å². The molecule has 0 fully saturated rings. The van der Waals surface area contributed by atoms with E-state index in [1.807, 2.05) is 0 Å². The zero-order chi connectivity index (χ0) is 23.5. The van der Waals surface area contributed by atoms with Crippen LogP contribution >= 0.6 is 0 Å². The fourth-order valence-corrected chi connectivity index (χ4v) is 1.71. The van der Waals surface area contributed by atoms with Crippen molar-refractivity contribution in [2.45, 2.75) is 64.5 Å². The van der Waals surface area contributed by atoms with Gasteiger partial charge < -0.3 is 9.47 Å². The van der Waals surface area contributed by atoms with E-state index in [1.54, 1.807) is 0 Å². The molecule has 29 heavy (non-hydrogen) atoms. The first kappa shape index (κ1) is 27.3. The molecular weight excluding hydrogens is 427 g/mol. The molecule has 0 N–H and O–H groups in total. The maximum absolute atomic E-state index is 13.4. The van der Waals surface area contributed by atoms with Crippen LogP contribution in [0.15, 0.2) is 0 Å². The van der Waals surface area contributed by atoms with Gasteiger partial charge in [-0.1, -0.05) is 20.8 Å². The van der Waals surface area contributed by atoms with Gasteiger partial charge in [-0.2, -0.15) is 39.5 Å². The van der Waals surface area contributed by atoms with Crippen LogP contribution in [0.1, 0.15) is 40.5 Å². The number of carbonyl (C=O) groups is 2. The topological polar surface area (TPSA) is 52.6 Å². The van der Waals surface area contributed by atoms with Gasteiger partial charge in [0.1, 0.15) is 6.61 Å².